The normalized spacial score (nSPS) is 10.9. The number of methoxy groups -OCH3 is 2. The number of carbonyl (C=O) groups excluding carboxylic acids is 2. The number of benzene rings is 2. The van der Waals surface area contributed by atoms with Gasteiger partial charge < -0.3 is 20.1 Å². The summed E-state index contributed by atoms with van der Waals surface area (Å²) in [5, 5.41) is 9.84. The zero-order valence-electron chi connectivity index (χ0n) is 21.3. The van der Waals surface area contributed by atoms with E-state index in [9.17, 15) is 9.59 Å². The van der Waals surface area contributed by atoms with Crippen LogP contribution in [0.2, 0.25) is 5.02 Å². The fourth-order valence-electron chi connectivity index (χ4n) is 3.39. The second kappa shape index (κ2) is 13.5. The number of nitrogens with one attached hydrogen (secondary N) is 3. The molecule has 3 rings (SSSR count). The highest BCUT2D eigenvalue weighted by Crippen LogP contribution is 2.17. The molecule has 0 amide bonds. The van der Waals surface area contributed by atoms with Crippen LogP contribution in [0.3, 0.4) is 0 Å². The molecular weight excluding hydrogens is 528 g/mol. The molecule has 0 aliphatic rings. The topological polar surface area (TPSA) is 127 Å². The minimum atomic E-state index is -0.615. The van der Waals surface area contributed by atoms with Crippen LogP contribution in [0, 0.1) is 13.8 Å². The van der Waals surface area contributed by atoms with E-state index in [0.717, 1.165) is 17.0 Å². The monoisotopic (exact) mass is 554 g/mol. The lowest BCUT2D eigenvalue weighted by Gasteiger charge is -2.15. The van der Waals surface area contributed by atoms with Crippen LogP contribution in [0.25, 0.3) is 0 Å². The van der Waals surface area contributed by atoms with Crippen LogP contribution in [-0.4, -0.2) is 53.7 Å². The number of aliphatic imine (C=N–C) groups is 1. The smallest absolute Gasteiger partial charge is 0.337 e. The number of rotatable bonds is 7. The summed E-state index contributed by atoms with van der Waals surface area (Å²) in [4.78, 5) is 37.6. The average Bonchev–Trinajstić information content (AvgIpc) is 2.87. The molecule has 198 valence electrons. The zero-order chi connectivity index (χ0) is 27.7. The fourth-order valence-corrected chi connectivity index (χ4v) is 3.73. The van der Waals surface area contributed by atoms with Crippen molar-refractivity contribution in [3.05, 3.63) is 81.6 Å². The second-order valence-electron chi connectivity index (χ2n) is 8.07. The van der Waals surface area contributed by atoms with E-state index in [1.54, 1.807) is 0 Å². The van der Waals surface area contributed by atoms with E-state index in [0.29, 0.717) is 35.6 Å². The van der Waals surface area contributed by atoms with Crippen molar-refractivity contribution in [1.82, 2.24) is 15.3 Å². The number of nitrogens with zero attached hydrogens (tertiary/aromatic N) is 3. The molecule has 0 aliphatic heterocycles. The number of thiocarbonyl (C=S) groups is 1. The number of ether oxygens (including phenoxy) is 2. The number of aryl methyl sites for hydroxylation is 2. The van der Waals surface area contributed by atoms with Gasteiger partial charge in [0.15, 0.2) is 5.11 Å². The van der Waals surface area contributed by atoms with Crippen molar-refractivity contribution in [2.75, 3.05) is 31.4 Å². The van der Waals surface area contributed by atoms with Crippen molar-refractivity contribution in [3.63, 3.8) is 0 Å². The summed E-state index contributed by atoms with van der Waals surface area (Å²) in [7, 11) is 2.50. The Morgan fingerprint density at radius 3 is 2.05 bits per heavy atom. The van der Waals surface area contributed by atoms with Gasteiger partial charge in [-0.15, -0.1) is 0 Å². The van der Waals surface area contributed by atoms with Crippen LogP contribution in [0.15, 0.2) is 53.5 Å². The first kappa shape index (κ1) is 28.5. The van der Waals surface area contributed by atoms with Gasteiger partial charge in [0.1, 0.15) is 0 Å². The van der Waals surface area contributed by atoms with E-state index < -0.39 is 11.9 Å². The Bertz CT molecular complexity index is 1310. The Kier molecular flexibility index (Phi) is 10.1. The summed E-state index contributed by atoms with van der Waals surface area (Å²) >= 11 is 11.5. The molecule has 1 aromatic heterocycles. The third-order valence-corrected chi connectivity index (χ3v) is 5.52. The molecule has 0 unspecified atom stereocenters. The highest BCUT2D eigenvalue weighted by molar-refractivity contribution is 7.80. The van der Waals surface area contributed by atoms with Crippen molar-refractivity contribution >= 4 is 58.5 Å². The van der Waals surface area contributed by atoms with Crippen molar-refractivity contribution in [2.45, 2.75) is 20.3 Å². The largest absolute Gasteiger partial charge is 0.465 e. The van der Waals surface area contributed by atoms with Gasteiger partial charge >= 0.3 is 11.9 Å². The number of carbonyl (C=O) groups is 2. The molecule has 3 aromatic rings. The number of hydrogen-bond acceptors (Lipinski definition) is 8. The highest BCUT2D eigenvalue weighted by atomic mass is 35.5. The molecule has 0 spiro atoms. The van der Waals surface area contributed by atoms with Gasteiger partial charge in [0.2, 0.25) is 11.9 Å². The minimum absolute atomic E-state index is 0.143. The van der Waals surface area contributed by atoms with E-state index in [2.05, 4.69) is 30.9 Å². The van der Waals surface area contributed by atoms with Crippen LogP contribution in [-0.2, 0) is 15.9 Å². The molecule has 0 fully saturated rings. The van der Waals surface area contributed by atoms with Gasteiger partial charge in [0.05, 0.1) is 25.3 Å². The van der Waals surface area contributed by atoms with Crippen LogP contribution in [0.4, 0.5) is 11.6 Å². The van der Waals surface area contributed by atoms with E-state index in [1.807, 2.05) is 44.2 Å². The number of hydrogen-bond donors (Lipinski definition) is 3. The van der Waals surface area contributed by atoms with Crippen LogP contribution < -0.4 is 16.0 Å². The quantitative estimate of drug-likeness (QED) is 0.168. The Balaban J connectivity index is 1.81. The maximum absolute atomic E-state index is 12.1. The standard InChI is InChI=1S/C26H27ClN6O4S/c1-15-11-16(2)30-25(29-15)32-24(28-10-9-17-5-7-20(27)8-6-17)33-26(38)31-21-13-18(22(34)36-3)12-19(14-21)23(35)37-4/h5-8,11-14H,9-10H2,1-4H3,(H3,28,29,30,31,32,33,38). The summed E-state index contributed by atoms with van der Waals surface area (Å²) < 4.78 is 9.57. The Hall–Kier alpha value is -4.09. The van der Waals surface area contributed by atoms with Gasteiger partial charge in [-0.25, -0.2) is 19.6 Å². The van der Waals surface area contributed by atoms with Crippen molar-refractivity contribution in [1.29, 1.82) is 0 Å². The van der Waals surface area contributed by atoms with Gasteiger partial charge in [0, 0.05) is 28.6 Å². The van der Waals surface area contributed by atoms with Gasteiger partial charge in [-0.3, -0.25) is 10.3 Å². The van der Waals surface area contributed by atoms with Crippen molar-refractivity contribution in [2.24, 2.45) is 4.99 Å². The molecule has 12 heteroatoms. The predicted octanol–water partition coefficient (Wildman–Crippen LogP) is 4.32. The number of esters is 2. The van der Waals surface area contributed by atoms with Crippen molar-refractivity contribution < 1.29 is 19.1 Å². The molecule has 0 aliphatic carbocycles. The summed E-state index contributed by atoms with van der Waals surface area (Å²) in [5.74, 6) is -0.575. The highest BCUT2D eigenvalue weighted by Gasteiger charge is 2.15. The Labute approximate surface area is 230 Å². The number of anilines is 2. The lowest BCUT2D eigenvalue weighted by atomic mass is 10.1. The lowest BCUT2D eigenvalue weighted by Crippen LogP contribution is -2.39. The number of halogens is 1. The molecule has 3 N–H and O–H groups in total. The molecule has 0 saturated heterocycles. The van der Waals surface area contributed by atoms with Gasteiger partial charge in [-0.2, -0.15) is 0 Å². The van der Waals surface area contributed by atoms with E-state index in [1.165, 1.54) is 32.4 Å². The summed E-state index contributed by atoms with van der Waals surface area (Å²) in [5.41, 5.74) is 3.32. The molecule has 0 saturated carbocycles. The Morgan fingerprint density at radius 1 is 0.921 bits per heavy atom. The molecule has 10 nitrogen and oxygen atoms in total. The molecule has 0 radical (unpaired) electrons. The second-order valence-corrected chi connectivity index (χ2v) is 8.91. The molecule has 0 bridgehead atoms. The molecule has 0 atom stereocenters. The molecule has 1 heterocycles. The average molecular weight is 555 g/mol. The van der Waals surface area contributed by atoms with Crippen LogP contribution >= 0.6 is 23.8 Å². The van der Waals surface area contributed by atoms with E-state index >= 15 is 0 Å². The first-order valence-corrected chi connectivity index (χ1v) is 12.2. The molecule has 38 heavy (non-hydrogen) atoms. The summed E-state index contributed by atoms with van der Waals surface area (Å²) in [6, 6.07) is 13.8. The minimum Gasteiger partial charge on any atom is -0.465 e. The number of guanidine groups is 1. The van der Waals surface area contributed by atoms with Gasteiger partial charge in [0.25, 0.3) is 0 Å². The van der Waals surface area contributed by atoms with Gasteiger partial charge in [-0.05, 0) is 74.4 Å². The SMILES string of the molecule is COC(=O)c1cc(NC(=S)NC(=NCCc2ccc(Cl)cc2)Nc2nc(C)cc(C)n2)cc(C(=O)OC)c1. The summed E-state index contributed by atoms with van der Waals surface area (Å²) in [6.45, 7) is 4.16. The zero-order valence-corrected chi connectivity index (χ0v) is 22.9. The summed E-state index contributed by atoms with van der Waals surface area (Å²) in [6.07, 6.45) is 0.654. The number of aromatic nitrogens is 2. The van der Waals surface area contributed by atoms with Crippen molar-refractivity contribution in [3.8, 4) is 0 Å². The maximum Gasteiger partial charge on any atom is 0.337 e. The van der Waals surface area contributed by atoms with Crippen LogP contribution in [0.1, 0.15) is 37.7 Å². The maximum atomic E-state index is 12.1. The Morgan fingerprint density at radius 2 is 1.50 bits per heavy atom. The van der Waals surface area contributed by atoms with E-state index in [4.69, 9.17) is 33.3 Å². The molecule has 2 aromatic carbocycles. The first-order valence-electron chi connectivity index (χ1n) is 11.4. The molecular formula is C26H27ClN6O4S. The lowest BCUT2D eigenvalue weighted by molar-refractivity contribution is 0.0599. The van der Waals surface area contributed by atoms with E-state index in [-0.39, 0.29) is 16.2 Å². The third-order valence-electron chi connectivity index (χ3n) is 5.06. The third kappa shape index (κ3) is 8.49. The van der Waals surface area contributed by atoms with Gasteiger partial charge in [-0.1, -0.05) is 23.7 Å². The first-order chi connectivity index (χ1) is 18.2. The fraction of sp³-hybridized carbons (Fsp3) is 0.231. The van der Waals surface area contributed by atoms with Crippen LogP contribution in [0.5, 0.6) is 0 Å². The predicted molar refractivity (Wildman–Crippen MR) is 151 cm³/mol.